The predicted octanol–water partition coefficient (Wildman–Crippen LogP) is 0.895. The largest absolute Gasteiger partial charge is 0.396 e. The van der Waals surface area contributed by atoms with Crippen molar-refractivity contribution in [3.8, 4) is 0 Å². The van der Waals surface area contributed by atoms with Gasteiger partial charge in [-0.2, -0.15) is 0 Å². The number of piperidine rings is 1. The average molecular weight is 312 g/mol. The summed E-state index contributed by atoms with van der Waals surface area (Å²) in [4.78, 5) is 16.2. The highest BCUT2D eigenvalue weighted by Crippen LogP contribution is 2.54. The van der Waals surface area contributed by atoms with E-state index in [-0.39, 0.29) is 24.0 Å². The van der Waals surface area contributed by atoms with Gasteiger partial charge in [0.2, 0.25) is 5.91 Å². The number of nitrogens with zero attached hydrogens (tertiary/aromatic N) is 1. The Balaban J connectivity index is 1.63. The predicted molar refractivity (Wildman–Crippen MR) is 70.0 cm³/mol. The van der Waals surface area contributed by atoms with Gasteiger partial charge in [-0.1, -0.05) is 6.07 Å². The lowest BCUT2D eigenvalue weighted by molar-refractivity contribution is -0.118. The first-order valence-electron chi connectivity index (χ1n) is 5.93. The Kier molecular flexibility index (Phi) is 2.88. The van der Waals surface area contributed by atoms with E-state index in [1.165, 1.54) is 0 Å². The van der Waals surface area contributed by atoms with Gasteiger partial charge in [0.05, 0.1) is 12.6 Å². The summed E-state index contributed by atoms with van der Waals surface area (Å²) in [6.45, 7) is 0.156. The Hall–Kier alpha value is -0.980. The number of pyridine rings is 1. The van der Waals surface area contributed by atoms with E-state index in [4.69, 9.17) is 0 Å². The van der Waals surface area contributed by atoms with Crippen molar-refractivity contribution in [1.82, 2.24) is 10.3 Å². The van der Waals surface area contributed by atoms with Gasteiger partial charge in [-0.3, -0.25) is 4.79 Å². The van der Waals surface area contributed by atoms with Crippen LogP contribution in [0.15, 0.2) is 22.8 Å². The topological polar surface area (TPSA) is 74.2 Å². The van der Waals surface area contributed by atoms with Crippen LogP contribution in [0.4, 0.5) is 5.82 Å². The summed E-state index contributed by atoms with van der Waals surface area (Å²) in [6.07, 6.45) is 1.68. The SMILES string of the molecule is O=C(Nc1cccc(Br)n1)C1CC2(CO)CC2N1. The Morgan fingerprint density at radius 2 is 2.44 bits per heavy atom. The van der Waals surface area contributed by atoms with Crippen LogP contribution < -0.4 is 10.6 Å². The van der Waals surface area contributed by atoms with E-state index in [0.29, 0.717) is 22.9 Å². The molecular formula is C12H14BrN3O2. The highest BCUT2D eigenvalue weighted by molar-refractivity contribution is 9.10. The van der Waals surface area contributed by atoms with Crippen molar-refractivity contribution in [2.75, 3.05) is 11.9 Å². The monoisotopic (exact) mass is 311 g/mol. The van der Waals surface area contributed by atoms with Crippen molar-refractivity contribution < 1.29 is 9.90 Å². The van der Waals surface area contributed by atoms with Crippen LogP contribution >= 0.6 is 15.9 Å². The van der Waals surface area contributed by atoms with Gasteiger partial charge in [0, 0.05) is 11.5 Å². The van der Waals surface area contributed by atoms with Gasteiger partial charge in [-0.05, 0) is 40.9 Å². The van der Waals surface area contributed by atoms with Crippen molar-refractivity contribution in [1.29, 1.82) is 0 Å². The highest BCUT2D eigenvalue weighted by Gasteiger charge is 2.61. The van der Waals surface area contributed by atoms with Crippen molar-refractivity contribution in [2.24, 2.45) is 5.41 Å². The molecule has 1 saturated carbocycles. The number of aliphatic hydroxyl groups excluding tert-OH is 1. The second-order valence-electron chi connectivity index (χ2n) is 5.04. The average Bonchev–Trinajstić information content (AvgIpc) is 2.91. The summed E-state index contributed by atoms with van der Waals surface area (Å²) in [5, 5.41) is 15.3. The number of anilines is 1. The number of aliphatic hydroxyl groups is 1. The molecule has 6 heteroatoms. The number of carbonyl (C=O) groups excluding carboxylic acids is 1. The highest BCUT2D eigenvalue weighted by atomic mass is 79.9. The minimum absolute atomic E-state index is 0.0489. The Morgan fingerprint density at radius 1 is 1.61 bits per heavy atom. The third kappa shape index (κ3) is 2.04. The molecule has 3 atom stereocenters. The summed E-state index contributed by atoms with van der Waals surface area (Å²) >= 11 is 3.26. The molecule has 1 aliphatic heterocycles. The molecule has 5 nitrogen and oxygen atoms in total. The number of hydrogen-bond donors (Lipinski definition) is 3. The summed E-state index contributed by atoms with van der Waals surface area (Å²) in [6, 6.07) is 5.45. The molecule has 18 heavy (non-hydrogen) atoms. The fourth-order valence-electron chi connectivity index (χ4n) is 2.62. The smallest absolute Gasteiger partial charge is 0.242 e. The molecule has 0 spiro atoms. The van der Waals surface area contributed by atoms with Gasteiger partial charge < -0.3 is 15.7 Å². The Bertz CT molecular complexity index is 492. The van der Waals surface area contributed by atoms with Crippen LogP contribution in [0.3, 0.4) is 0 Å². The summed E-state index contributed by atoms with van der Waals surface area (Å²) < 4.78 is 0.689. The molecule has 0 bridgehead atoms. The molecule has 1 aliphatic carbocycles. The molecule has 3 N–H and O–H groups in total. The van der Waals surface area contributed by atoms with Crippen LogP contribution in [0.25, 0.3) is 0 Å². The fraction of sp³-hybridized carbons (Fsp3) is 0.500. The first-order valence-corrected chi connectivity index (χ1v) is 6.73. The van der Waals surface area contributed by atoms with Crippen LogP contribution in [-0.4, -0.2) is 34.7 Å². The van der Waals surface area contributed by atoms with Gasteiger partial charge in [-0.15, -0.1) is 0 Å². The second kappa shape index (κ2) is 4.29. The van der Waals surface area contributed by atoms with Crippen LogP contribution in [-0.2, 0) is 4.79 Å². The maximum atomic E-state index is 12.0. The molecule has 2 heterocycles. The van der Waals surface area contributed by atoms with Crippen molar-refractivity contribution in [3.05, 3.63) is 22.8 Å². The van der Waals surface area contributed by atoms with Crippen molar-refractivity contribution in [2.45, 2.75) is 24.9 Å². The van der Waals surface area contributed by atoms with E-state index >= 15 is 0 Å². The molecule has 1 saturated heterocycles. The van der Waals surface area contributed by atoms with Crippen molar-refractivity contribution >= 4 is 27.7 Å². The number of hydrogen-bond acceptors (Lipinski definition) is 4. The van der Waals surface area contributed by atoms with Gasteiger partial charge in [0.1, 0.15) is 10.4 Å². The molecule has 1 aromatic rings. The van der Waals surface area contributed by atoms with Gasteiger partial charge >= 0.3 is 0 Å². The fourth-order valence-corrected chi connectivity index (χ4v) is 2.96. The van der Waals surface area contributed by atoms with E-state index in [9.17, 15) is 9.90 Å². The summed E-state index contributed by atoms with van der Waals surface area (Å²) in [5.41, 5.74) is -0.0489. The lowest BCUT2D eigenvalue weighted by atomic mass is 10.0. The normalized spacial score (nSPS) is 33.0. The zero-order valence-electron chi connectivity index (χ0n) is 9.69. The first-order chi connectivity index (χ1) is 8.63. The Morgan fingerprint density at radius 3 is 3.11 bits per heavy atom. The second-order valence-corrected chi connectivity index (χ2v) is 5.85. The zero-order chi connectivity index (χ0) is 12.8. The van der Waals surface area contributed by atoms with Crippen LogP contribution in [0, 0.1) is 5.41 Å². The Labute approximate surface area is 113 Å². The number of carbonyl (C=O) groups is 1. The van der Waals surface area contributed by atoms with E-state index in [1.807, 2.05) is 6.07 Å². The van der Waals surface area contributed by atoms with Gasteiger partial charge in [0.25, 0.3) is 0 Å². The van der Waals surface area contributed by atoms with Crippen LogP contribution in [0.5, 0.6) is 0 Å². The van der Waals surface area contributed by atoms with Crippen LogP contribution in [0.1, 0.15) is 12.8 Å². The molecule has 3 unspecified atom stereocenters. The van der Waals surface area contributed by atoms with E-state index in [1.54, 1.807) is 12.1 Å². The van der Waals surface area contributed by atoms with E-state index in [2.05, 4.69) is 31.5 Å². The number of amides is 1. The third-order valence-electron chi connectivity index (χ3n) is 3.80. The molecule has 96 valence electrons. The lowest BCUT2D eigenvalue weighted by Crippen LogP contribution is -2.38. The standard InChI is InChI=1S/C12H14BrN3O2/c13-9-2-1-3-10(15-9)16-11(18)7-4-12(6-17)5-8(12)14-7/h1-3,7-8,14,17H,4-6H2,(H,15,16,18). The molecular weight excluding hydrogens is 298 g/mol. The van der Waals surface area contributed by atoms with E-state index in [0.717, 1.165) is 6.42 Å². The van der Waals surface area contributed by atoms with Gasteiger partial charge in [0.15, 0.2) is 0 Å². The lowest BCUT2D eigenvalue weighted by Gasteiger charge is -2.14. The molecule has 1 amide bonds. The summed E-state index contributed by atoms with van der Waals surface area (Å²) in [7, 11) is 0. The molecule has 2 fully saturated rings. The number of nitrogens with one attached hydrogen (secondary N) is 2. The maximum Gasteiger partial charge on any atom is 0.242 e. The molecule has 3 rings (SSSR count). The molecule has 0 radical (unpaired) electrons. The quantitative estimate of drug-likeness (QED) is 0.725. The summed E-state index contributed by atoms with van der Waals surface area (Å²) in [5.74, 6) is 0.454. The molecule has 0 aromatic carbocycles. The van der Waals surface area contributed by atoms with Crippen molar-refractivity contribution in [3.63, 3.8) is 0 Å². The number of fused-ring (bicyclic) bond motifs is 1. The number of rotatable bonds is 3. The molecule has 2 aliphatic rings. The van der Waals surface area contributed by atoms with E-state index < -0.39 is 0 Å². The van der Waals surface area contributed by atoms with Gasteiger partial charge in [-0.25, -0.2) is 4.98 Å². The first kappa shape index (κ1) is 12.1. The minimum Gasteiger partial charge on any atom is -0.396 e. The maximum absolute atomic E-state index is 12.0. The minimum atomic E-state index is -0.225. The van der Waals surface area contributed by atoms with Crippen LogP contribution in [0.2, 0.25) is 0 Å². The molecule has 1 aromatic heterocycles. The number of halogens is 1. The third-order valence-corrected chi connectivity index (χ3v) is 4.24. The number of aromatic nitrogens is 1. The zero-order valence-corrected chi connectivity index (χ0v) is 11.3.